The molecule has 1 aromatic carbocycles. The number of aryl methyl sites for hydroxylation is 2. The van der Waals surface area contributed by atoms with Crippen LogP contribution in [0.2, 0.25) is 0 Å². The van der Waals surface area contributed by atoms with Crippen LogP contribution in [0, 0.1) is 13.8 Å². The van der Waals surface area contributed by atoms with Gasteiger partial charge in [0, 0.05) is 22.0 Å². The minimum atomic E-state index is -0.346. The maximum atomic E-state index is 12.0. The summed E-state index contributed by atoms with van der Waals surface area (Å²) in [6, 6.07) is 7.77. The maximum absolute atomic E-state index is 12.0. The minimum Gasteiger partial charge on any atom is -0.469 e. The molecule has 140 valence electrons. The molecule has 0 aliphatic carbocycles. The molecule has 2 N–H and O–H groups in total. The average Bonchev–Trinajstić information content (AvgIpc) is 3.25. The molecule has 0 aliphatic rings. The summed E-state index contributed by atoms with van der Waals surface area (Å²) in [5, 5.41) is 5.78. The molecule has 0 radical (unpaired) electrons. The largest absolute Gasteiger partial charge is 0.469 e. The molecule has 0 fully saturated rings. The first-order valence-electron chi connectivity index (χ1n) is 8.24. The highest BCUT2D eigenvalue weighted by Gasteiger charge is 2.13. The van der Waals surface area contributed by atoms with Crippen LogP contribution in [0.4, 0.5) is 5.13 Å². The lowest BCUT2D eigenvalue weighted by Crippen LogP contribution is -2.32. The fourth-order valence-electron chi connectivity index (χ4n) is 2.50. The Bertz CT molecular complexity index is 980. The highest BCUT2D eigenvalue weighted by molar-refractivity contribution is 9.10. The number of halogens is 1. The van der Waals surface area contributed by atoms with Crippen LogP contribution in [0.3, 0.4) is 0 Å². The third-order valence-electron chi connectivity index (χ3n) is 3.91. The highest BCUT2D eigenvalue weighted by Crippen LogP contribution is 2.23. The zero-order chi connectivity index (χ0) is 19.4. The molecule has 0 bridgehead atoms. The molecule has 8 heteroatoms. The summed E-state index contributed by atoms with van der Waals surface area (Å²) < 4.78 is 6.16. The predicted octanol–water partition coefficient (Wildman–Crippen LogP) is 4.07. The first-order chi connectivity index (χ1) is 12.9. The van der Waals surface area contributed by atoms with E-state index in [0.717, 1.165) is 15.8 Å². The van der Waals surface area contributed by atoms with Crippen LogP contribution in [-0.4, -0.2) is 23.3 Å². The fourth-order valence-corrected chi connectivity index (χ4v) is 3.61. The number of hydrogen-bond acceptors (Lipinski definition) is 5. The lowest BCUT2D eigenvalue weighted by Gasteiger charge is -2.04. The molecule has 27 heavy (non-hydrogen) atoms. The van der Waals surface area contributed by atoms with Crippen LogP contribution in [0.15, 0.2) is 45.6 Å². The van der Waals surface area contributed by atoms with E-state index < -0.39 is 0 Å². The molecule has 0 saturated heterocycles. The topological polar surface area (TPSA) is 84.2 Å². The van der Waals surface area contributed by atoms with E-state index in [1.807, 2.05) is 13.0 Å². The minimum absolute atomic E-state index is 0.135. The lowest BCUT2D eigenvalue weighted by atomic mass is 10.1. The number of aromatic nitrogens is 1. The van der Waals surface area contributed by atoms with E-state index in [4.69, 9.17) is 4.42 Å². The Hall–Kier alpha value is -2.45. The Morgan fingerprint density at radius 3 is 2.78 bits per heavy atom. The van der Waals surface area contributed by atoms with Crippen molar-refractivity contribution in [2.24, 2.45) is 0 Å². The van der Waals surface area contributed by atoms with Crippen molar-refractivity contribution in [2.45, 2.75) is 20.3 Å². The van der Waals surface area contributed by atoms with E-state index in [0.29, 0.717) is 16.5 Å². The van der Waals surface area contributed by atoms with Gasteiger partial charge < -0.3 is 15.1 Å². The average molecular weight is 448 g/mol. The van der Waals surface area contributed by atoms with Crippen LogP contribution in [0.1, 0.15) is 32.1 Å². The molecule has 0 aliphatic heterocycles. The number of nitrogens with zero attached hydrogens (tertiary/aromatic N) is 1. The number of anilines is 1. The van der Waals surface area contributed by atoms with E-state index in [1.54, 1.807) is 19.2 Å². The molecule has 3 rings (SSSR count). The summed E-state index contributed by atoms with van der Waals surface area (Å²) in [7, 11) is 0. The quantitative estimate of drug-likeness (QED) is 0.596. The summed E-state index contributed by atoms with van der Waals surface area (Å²) in [5.74, 6) is -0.160. The lowest BCUT2D eigenvalue weighted by molar-refractivity contribution is -0.115. The fraction of sp³-hybridized carbons (Fsp3) is 0.211. The number of nitrogens with one attached hydrogen (secondary N) is 2. The second-order valence-corrected chi connectivity index (χ2v) is 7.98. The molecule has 2 aromatic heterocycles. The van der Waals surface area contributed by atoms with E-state index in [2.05, 4.69) is 43.7 Å². The van der Waals surface area contributed by atoms with Crippen LogP contribution in [0.5, 0.6) is 0 Å². The standard InChI is InChI=1S/C19H18BrN3O3S/c1-11-7-13(3-4-16(11)20)8-14-9-22-19(27-14)23-17(24)10-21-18(25)15-5-6-26-12(15)2/h3-7,9H,8,10H2,1-2H3,(H,21,25)(H,22,23,24). The van der Waals surface area contributed by atoms with Gasteiger partial charge in [-0.1, -0.05) is 28.1 Å². The molecular formula is C19H18BrN3O3S. The molecule has 0 unspecified atom stereocenters. The second kappa shape index (κ2) is 8.49. The molecule has 3 aromatic rings. The molecule has 2 heterocycles. The Morgan fingerprint density at radius 1 is 1.26 bits per heavy atom. The summed E-state index contributed by atoms with van der Waals surface area (Å²) in [5.41, 5.74) is 2.78. The Balaban J connectivity index is 1.52. The van der Waals surface area contributed by atoms with Crippen molar-refractivity contribution in [1.82, 2.24) is 10.3 Å². The van der Waals surface area contributed by atoms with Gasteiger partial charge in [0.15, 0.2) is 5.13 Å². The van der Waals surface area contributed by atoms with Gasteiger partial charge in [-0.15, -0.1) is 11.3 Å². The number of rotatable bonds is 6. The van der Waals surface area contributed by atoms with Gasteiger partial charge in [0.2, 0.25) is 5.91 Å². The number of benzene rings is 1. The van der Waals surface area contributed by atoms with Gasteiger partial charge in [-0.05, 0) is 37.1 Å². The van der Waals surface area contributed by atoms with Gasteiger partial charge in [-0.2, -0.15) is 0 Å². The molecule has 0 spiro atoms. The third kappa shape index (κ3) is 5.05. The van der Waals surface area contributed by atoms with E-state index >= 15 is 0 Å². The Labute approximate surface area is 169 Å². The summed E-state index contributed by atoms with van der Waals surface area (Å²) in [4.78, 5) is 29.3. The van der Waals surface area contributed by atoms with Gasteiger partial charge >= 0.3 is 0 Å². The van der Waals surface area contributed by atoms with Gasteiger partial charge in [-0.3, -0.25) is 9.59 Å². The van der Waals surface area contributed by atoms with Crippen LogP contribution < -0.4 is 10.6 Å². The SMILES string of the molecule is Cc1cc(Cc2cnc(NC(=O)CNC(=O)c3ccoc3C)s2)ccc1Br. The van der Waals surface area contributed by atoms with E-state index in [9.17, 15) is 9.59 Å². The second-order valence-electron chi connectivity index (χ2n) is 6.01. The van der Waals surface area contributed by atoms with Crippen molar-refractivity contribution in [2.75, 3.05) is 11.9 Å². The number of carbonyl (C=O) groups excluding carboxylic acids is 2. The molecule has 0 atom stereocenters. The summed E-state index contributed by atoms with van der Waals surface area (Å²) >= 11 is 4.91. The molecule has 6 nitrogen and oxygen atoms in total. The first-order valence-corrected chi connectivity index (χ1v) is 9.85. The van der Waals surface area contributed by atoms with Crippen LogP contribution in [-0.2, 0) is 11.2 Å². The number of furan rings is 1. The number of carbonyl (C=O) groups is 2. The Morgan fingerprint density at radius 2 is 2.07 bits per heavy atom. The molecule has 0 saturated carbocycles. The number of amides is 2. The zero-order valence-electron chi connectivity index (χ0n) is 14.8. The zero-order valence-corrected chi connectivity index (χ0v) is 17.2. The van der Waals surface area contributed by atoms with Crippen molar-refractivity contribution < 1.29 is 14.0 Å². The molecular weight excluding hydrogens is 430 g/mol. The predicted molar refractivity (Wildman–Crippen MR) is 108 cm³/mol. The highest BCUT2D eigenvalue weighted by atomic mass is 79.9. The Kier molecular flexibility index (Phi) is 6.08. The van der Waals surface area contributed by atoms with E-state index in [1.165, 1.54) is 28.7 Å². The maximum Gasteiger partial charge on any atom is 0.255 e. The smallest absolute Gasteiger partial charge is 0.255 e. The van der Waals surface area contributed by atoms with E-state index in [-0.39, 0.29) is 18.4 Å². The summed E-state index contributed by atoms with van der Waals surface area (Å²) in [6.07, 6.45) is 3.94. The molecule has 2 amide bonds. The van der Waals surface area contributed by atoms with Crippen molar-refractivity contribution in [3.63, 3.8) is 0 Å². The van der Waals surface area contributed by atoms with Crippen LogP contribution in [0.25, 0.3) is 0 Å². The van der Waals surface area contributed by atoms with Gasteiger partial charge in [-0.25, -0.2) is 4.98 Å². The van der Waals surface area contributed by atoms with Crippen LogP contribution >= 0.6 is 27.3 Å². The number of thiazole rings is 1. The number of hydrogen-bond donors (Lipinski definition) is 2. The van der Waals surface area contributed by atoms with Crippen molar-refractivity contribution in [1.29, 1.82) is 0 Å². The summed E-state index contributed by atoms with van der Waals surface area (Å²) in [6.45, 7) is 3.61. The monoisotopic (exact) mass is 447 g/mol. The van der Waals surface area contributed by atoms with Crippen molar-refractivity contribution in [3.8, 4) is 0 Å². The first kappa shape index (κ1) is 19.3. The van der Waals surface area contributed by atoms with Crippen molar-refractivity contribution >= 4 is 44.2 Å². The van der Waals surface area contributed by atoms with Gasteiger partial charge in [0.1, 0.15) is 5.76 Å². The van der Waals surface area contributed by atoms with Gasteiger partial charge in [0.05, 0.1) is 18.4 Å². The normalized spacial score (nSPS) is 10.6. The third-order valence-corrected chi connectivity index (χ3v) is 5.72. The van der Waals surface area contributed by atoms with Gasteiger partial charge in [0.25, 0.3) is 5.91 Å². The van der Waals surface area contributed by atoms with Crippen molar-refractivity contribution in [3.05, 3.63) is 68.5 Å².